The fourth-order valence-corrected chi connectivity index (χ4v) is 2.35. The van der Waals surface area contributed by atoms with Crippen LogP contribution in [0.15, 0.2) is 40.2 Å². The van der Waals surface area contributed by atoms with E-state index in [9.17, 15) is 0 Å². The summed E-state index contributed by atoms with van der Waals surface area (Å²) >= 11 is 1.52. The van der Waals surface area contributed by atoms with Crippen LogP contribution in [0.3, 0.4) is 0 Å². The van der Waals surface area contributed by atoms with Crippen LogP contribution in [0.5, 0.6) is 5.75 Å². The minimum absolute atomic E-state index is 0.0480. The van der Waals surface area contributed by atoms with E-state index in [0.717, 1.165) is 22.8 Å². The van der Waals surface area contributed by atoms with Crippen molar-refractivity contribution < 1.29 is 9.15 Å². The molecule has 0 bridgehead atoms. The lowest BCUT2D eigenvalue weighted by Crippen LogP contribution is -2.12. The number of rotatable bonds is 5. The number of nitrogens with two attached hydrogens (primary N) is 1. The predicted molar refractivity (Wildman–Crippen MR) is 71.9 cm³/mol. The molecule has 0 saturated heterocycles. The number of hydrogen-bond acceptors (Lipinski definition) is 5. The first-order valence-electron chi connectivity index (χ1n) is 5.63. The fraction of sp³-hybridized carbons (Fsp3) is 0.308. The molecular weight excluding hydrogens is 248 g/mol. The maximum atomic E-state index is 6.11. The molecule has 0 spiro atoms. The average molecular weight is 264 g/mol. The first kappa shape index (κ1) is 13.0. The molecule has 0 aliphatic carbocycles. The minimum Gasteiger partial charge on any atom is -0.497 e. The van der Waals surface area contributed by atoms with Crippen molar-refractivity contribution in [3.63, 3.8) is 0 Å². The Bertz CT molecular complexity index is 496. The van der Waals surface area contributed by atoms with Gasteiger partial charge in [0.2, 0.25) is 0 Å². The van der Waals surface area contributed by atoms with Crippen LogP contribution < -0.4 is 10.5 Å². The van der Waals surface area contributed by atoms with Gasteiger partial charge in [-0.3, -0.25) is 0 Å². The van der Waals surface area contributed by atoms with Crippen molar-refractivity contribution in [2.24, 2.45) is 5.73 Å². The second-order valence-electron chi connectivity index (χ2n) is 3.95. The van der Waals surface area contributed by atoms with E-state index < -0.39 is 0 Å². The molecule has 2 aromatic rings. The van der Waals surface area contributed by atoms with Gasteiger partial charge in [-0.25, -0.2) is 4.98 Å². The first-order chi connectivity index (χ1) is 8.69. The molecule has 0 radical (unpaired) electrons. The van der Waals surface area contributed by atoms with Gasteiger partial charge in [-0.05, 0) is 24.6 Å². The van der Waals surface area contributed by atoms with E-state index in [1.165, 1.54) is 11.8 Å². The van der Waals surface area contributed by atoms with Crippen molar-refractivity contribution in [2.75, 3.05) is 12.9 Å². The molecule has 4 nitrogen and oxygen atoms in total. The van der Waals surface area contributed by atoms with E-state index >= 15 is 0 Å². The molecule has 5 heteroatoms. The van der Waals surface area contributed by atoms with Gasteiger partial charge in [-0.15, -0.1) is 0 Å². The lowest BCUT2D eigenvalue weighted by atomic mass is 10.1. The minimum atomic E-state index is -0.0480. The highest BCUT2D eigenvalue weighted by Gasteiger charge is 2.09. The molecule has 2 N–H and O–H groups in total. The monoisotopic (exact) mass is 264 g/mol. The van der Waals surface area contributed by atoms with E-state index in [-0.39, 0.29) is 6.04 Å². The highest BCUT2D eigenvalue weighted by Crippen LogP contribution is 2.23. The van der Waals surface area contributed by atoms with Crippen LogP contribution in [0.25, 0.3) is 0 Å². The maximum absolute atomic E-state index is 6.11. The highest BCUT2D eigenvalue weighted by molar-refractivity contribution is 7.99. The molecule has 2 rings (SSSR count). The number of oxazole rings is 1. The molecule has 96 valence electrons. The quantitative estimate of drug-likeness (QED) is 0.841. The van der Waals surface area contributed by atoms with Crippen molar-refractivity contribution in [1.29, 1.82) is 0 Å². The summed E-state index contributed by atoms with van der Waals surface area (Å²) in [5.74, 6) is 1.56. The lowest BCUT2D eigenvalue weighted by molar-refractivity contribution is 0.414. The first-order valence-corrected chi connectivity index (χ1v) is 6.62. The summed E-state index contributed by atoms with van der Waals surface area (Å²) in [7, 11) is 1.65. The summed E-state index contributed by atoms with van der Waals surface area (Å²) in [4.78, 5) is 4.22. The molecule has 1 unspecified atom stereocenters. The smallest absolute Gasteiger partial charge is 0.255 e. The van der Waals surface area contributed by atoms with E-state index in [2.05, 4.69) is 4.98 Å². The van der Waals surface area contributed by atoms with Gasteiger partial charge in [0.05, 0.1) is 12.8 Å². The Morgan fingerprint density at radius 2 is 2.11 bits per heavy atom. The number of thioether (sulfide) groups is 1. The Hall–Kier alpha value is -1.46. The molecule has 0 fully saturated rings. The van der Waals surface area contributed by atoms with Crippen molar-refractivity contribution in [2.45, 2.75) is 18.2 Å². The van der Waals surface area contributed by atoms with Crippen LogP contribution in [0.4, 0.5) is 0 Å². The second kappa shape index (κ2) is 5.93. The number of nitrogens with zero attached hydrogens (tertiary/aromatic N) is 1. The number of aryl methyl sites for hydroxylation is 1. The zero-order valence-electron chi connectivity index (χ0n) is 10.4. The molecule has 0 aliphatic rings. The summed E-state index contributed by atoms with van der Waals surface area (Å²) in [5.41, 5.74) is 8.07. The summed E-state index contributed by atoms with van der Waals surface area (Å²) in [6, 6.07) is 7.73. The zero-order chi connectivity index (χ0) is 13.0. The lowest BCUT2D eigenvalue weighted by Gasteiger charge is -2.10. The zero-order valence-corrected chi connectivity index (χ0v) is 11.2. The Balaban J connectivity index is 1.92. The van der Waals surface area contributed by atoms with Crippen LogP contribution in [0, 0.1) is 6.92 Å². The summed E-state index contributed by atoms with van der Waals surface area (Å²) in [5, 5.41) is 0.663. The standard InChI is InChI=1S/C13H16N2O2S/c1-9-7-17-13(15-9)18-8-12(14)10-3-5-11(16-2)6-4-10/h3-7,12H,8,14H2,1-2H3. The highest BCUT2D eigenvalue weighted by atomic mass is 32.2. The number of hydrogen-bond donors (Lipinski definition) is 1. The predicted octanol–water partition coefficient (Wildman–Crippen LogP) is 2.78. The molecule has 1 aromatic carbocycles. The van der Waals surface area contributed by atoms with Crippen molar-refractivity contribution in [3.8, 4) is 5.75 Å². The van der Waals surface area contributed by atoms with E-state index in [0.29, 0.717) is 5.22 Å². The third kappa shape index (κ3) is 3.27. The van der Waals surface area contributed by atoms with E-state index in [1.54, 1.807) is 13.4 Å². The largest absolute Gasteiger partial charge is 0.497 e. The summed E-state index contributed by atoms with van der Waals surface area (Å²) in [6.07, 6.45) is 1.64. The van der Waals surface area contributed by atoms with E-state index in [4.69, 9.17) is 14.9 Å². The van der Waals surface area contributed by atoms with Crippen molar-refractivity contribution in [3.05, 3.63) is 41.8 Å². The summed E-state index contributed by atoms with van der Waals surface area (Å²) in [6.45, 7) is 1.90. The number of benzene rings is 1. The van der Waals surface area contributed by atoms with Gasteiger partial charge in [-0.2, -0.15) is 0 Å². The molecule has 1 aromatic heterocycles. The normalized spacial score (nSPS) is 12.4. The molecule has 0 aliphatic heterocycles. The van der Waals surface area contributed by atoms with Gasteiger partial charge in [0.1, 0.15) is 12.0 Å². The number of methoxy groups -OCH3 is 1. The molecule has 0 amide bonds. The van der Waals surface area contributed by atoms with Gasteiger partial charge < -0.3 is 14.9 Å². The average Bonchev–Trinajstić information content (AvgIpc) is 2.82. The van der Waals surface area contributed by atoms with Crippen molar-refractivity contribution in [1.82, 2.24) is 4.98 Å². The number of aromatic nitrogens is 1. The second-order valence-corrected chi connectivity index (χ2v) is 4.92. The Morgan fingerprint density at radius 1 is 1.39 bits per heavy atom. The topological polar surface area (TPSA) is 61.3 Å². The third-order valence-corrected chi connectivity index (χ3v) is 3.49. The van der Waals surface area contributed by atoms with Crippen LogP contribution in [0.1, 0.15) is 17.3 Å². The van der Waals surface area contributed by atoms with E-state index in [1.807, 2.05) is 31.2 Å². The molecular formula is C13H16N2O2S. The Kier molecular flexibility index (Phi) is 4.28. The van der Waals surface area contributed by atoms with Gasteiger partial charge >= 0.3 is 0 Å². The van der Waals surface area contributed by atoms with Gasteiger partial charge in [-0.1, -0.05) is 23.9 Å². The summed E-state index contributed by atoms with van der Waals surface area (Å²) < 4.78 is 10.4. The van der Waals surface area contributed by atoms with Gasteiger partial charge in [0, 0.05) is 11.8 Å². The maximum Gasteiger partial charge on any atom is 0.255 e. The van der Waals surface area contributed by atoms with Gasteiger partial charge in [0.25, 0.3) is 5.22 Å². The molecule has 0 saturated carbocycles. The molecule has 1 heterocycles. The SMILES string of the molecule is COc1ccc(C(N)CSc2nc(C)co2)cc1. The molecule has 1 atom stereocenters. The van der Waals surface area contributed by atoms with Gasteiger partial charge in [0.15, 0.2) is 0 Å². The fourth-order valence-electron chi connectivity index (χ4n) is 1.51. The van der Waals surface area contributed by atoms with Crippen LogP contribution in [-0.4, -0.2) is 17.8 Å². The van der Waals surface area contributed by atoms with Crippen LogP contribution >= 0.6 is 11.8 Å². The Labute approximate surface area is 111 Å². The number of ether oxygens (including phenoxy) is 1. The third-order valence-electron chi connectivity index (χ3n) is 2.53. The van der Waals surface area contributed by atoms with Crippen LogP contribution in [-0.2, 0) is 0 Å². The van der Waals surface area contributed by atoms with Crippen molar-refractivity contribution >= 4 is 11.8 Å². The Morgan fingerprint density at radius 3 is 2.67 bits per heavy atom. The van der Waals surface area contributed by atoms with Crippen LogP contribution in [0.2, 0.25) is 0 Å². The molecule has 18 heavy (non-hydrogen) atoms.